The van der Waals surface area contributed by atoms with Crippen LogP contribution in [0.3, 0.4) is 0 Å². The molecule has 3 heteroatoms. The van der Waals surface area contributed by atoms with Crippen molar-refractivity contribution in [2.75, 3.05) is 6.61 Å². The molecule has 0 atom stereocenters. The molecule has 0 aliphatic rings. The Morgan fingerprint density at radius 3 is 2.62 bits per heavy atom. The van der Waals surface area contributed by atoms with Crippen LogP contribution in [0, 0.1) is 5.82 Å². The van der Waals surface area contributed by atoms with Crippen LogP contribution >= 0.6 is 0 Å². The Morgan fingerprint density at radius 2 is 1.90 bits per heavy atom. The van der Waals surface area contributed by atoms with Gasteiger partial charge >= 0.3 is 0 Å². The van der Waals surface area contributed by atoms with Crippen LogP contribution < -0.4 is 5.32 Å². The number of nitrogens with one attached hydrogen (secondary N) is 1. The van der Waals surface area contributed by atoms with E-state index in [1.165, 1.54) is 31.7 Å². The summed E-state index contributed by atoms with van der Waals surface area (Å²) in [5.41, 5.74) is 1.76. The molecule has 0 unspecified atom stereocenters. The van der Waals surface area contributed by atoms with Gasteiger partial charge in [-0.15, -0.1) is 0 Å². The van der Waals surface area contributed by atoms with Gasteiger partial charge in [0.2, 0.25) is 0 Å². The lowest BCUT2D eigenvalue weighted by Gasteiger charge is -2.11. The van der Waals surface area contributed by atoms with E-state index in [1.54, 1.807) is 0 Å². The molecule has 120 valence electrons. The van der Waals surface area contributed by atoms with Gasteiger partial charge in [-0.05, 0) is 24.1 Å². The van der Waals surface area contributed by atoms with Gasteiger partial charge in [0.15, 0.2) is 0 Å². The summed E-state index contributed by atoms with van der Waals surface area (Å²) in [6.07, 6.45) is 6.08. The first-order valence-corrected chi connectivity index (χ1v) is 8.22. The lowest BCUT2D eigenvalue weighted by Crippen LogP contribution is -2.21. The highest BCUT2D eigenvalue weighted by molar-refractivity contribution is 5.24. The van der Waals surface area contributed by atoms with E-state index >= 15 is 0 Å². The average molecular weight is 295 g/mol. The minimum absolute atomic E-state index is 0.172. The second-order valence-electron chi connectivity index (χ2n) is 5.93. The topological polar surface area (TPSA) is 21.3 Å². The van der Waals surface area contributed by atoms with Gasteiger partial charge in [0.25, 0.3) is 0 Å². The summed E-state index contributed by atoms with van der Waals surface area (Å²) < 4.78 is 19.3. The van der Waals surface area contributed by atoms with Crippen molar-refractivity contribution in [2.45, 2.75) is 72.1 Å². The largest absolute Gasteiger partial charge is 0.377 e. The van der Waals surface area contributed by atoms with Crippen LogP contribution in [0.15, 0.2) is 18.2 Å². The highest BCUT2D eigenvalue weighted by Gasteiger charge is 2.04. The Kier molecular flexibility index (Phi) is 9.27. The fourth-order valence-corrected chi connectivity index (χ4v) is 2.16. The lowest BCUT2D eigenvalue weighted by atomic mass is 10.1. The molecular formula is C18H30FNO. The molecule has 0 saturated carbocycles. The molecule has 0 amide bonds. The maximum atomic E-state index is 13.7. The third kappa shape index (κ3) is 8.18. The number of rotatable bonds is 11. The highest BCUT2D eigenvalue weighted by atomic mass is 19.1. The molecule has 0 heterocycles. The molecule has 0 radical (unpaired) electrons. The first-order valence-electron chi connectivity index (χ1n) is 8.22. The van der Waals surface area contributed by atoms with Gasteiger partial charge < -0.3 is 10.1 Å². The quantitative estimate of drug-likeness (QED) is 0.591. The second-order valence-corrected chi connectivity index (χ2v) is 5.93. The Hall–Kier alpha value is -0.930. The predicted octanol–water partition coefficient (Wildman–Crippen LogP) is 4.81. The number of hydrogen-bond acceptors (Lipinski definition) is 2. The number of unbranched alkanes of at least 4 members (excludes halogenated alkanes) is 4. The van der Waals surface area contributed by atoms with E-state index in [1.807, 2.05) is 12.1 Å². The fraction of sp³-hybridized carbons (Fsp3) is 0.667. The van der Waals surface area contributed by atoms with Crippen molar-refractivity contribution in [2.24, 2.45) is 0 Å². The van der Waals surface area contributed by atoms with E-state index < -0.39 is 0 Å². The third-order valence-corrected chi connectivity index (χ3v) is 3.47. The molecule has 1 aromatic carbocycles. The van der Waals surface area contributed by atoms with Gasteiger partial charge in [0.05, 0.1) is 6.61 Å². The van der Waals surface area contributed by atoms with Crippen molar-refractivity contribution in [3.8, 4) is 0 Å². The molecule has 0 fully saturated rings. The van der Waals surface area contributed by atoms with Gasteiger partial charge in [-0.1, -0.05) is 52.5 Å². The number of ether oxygens (including phenoxy) is 1. The second kappa shape index (κ2) is 10.7. The average Bonchev–Trinajstić information content (AvgIpc) is 2.46. The molecular weight excluding hydrogens is 265 g/mol. The van der Waals surface area contributed by atoms with Crippen LogP contribution in [0.4, 0.5) is 4.39 Å². The fourth-order valence-electron chi connectivity index (χ4n) is 2.16. The van der Waals surface area contributed by atoms with Gasteiger partial charge in [0, 0.05) is 24.8 Å². The smallest absolute Gasteiger partial charge is 0.128 e. The number of halogens is 1. The molecule has 0 spiro atoms. The normalized spacial score (nSPS) is 11.3. The van der Waals surface area contributed by atoms with Crippen molar-refractivity contribution in [3.63, 3.8) is 0 Å². The highest BCUT2D eigenvalue weighted by Crippen LogP contribution is 2.13. The summed E-state index contributed by atoms with van der Waals surface area (Å²) >= 11 is 0. The van der Waals surface area contributed by atoms with Crippen molar-refractivity contribution in [3.05, 3.63) is 35.1 Å². The summed E-state index contributed by atoms with van der Waals surface area (Å²) in [5, 5.41) is 3.34. The molecule has 1 rings (SSSR count). The Labute approximate surface area is 129 Å². The van der Waals surface area contributed by atoms with E-state index in [9.17, 15) is 4.39 Å². The molecule has 1 N–H and O–H groups in total. The summed E-state index contributed by atoms with van der Waals surface area (Å²) in [5.74, 6) is -0.172. The van der Waals surface area contributed by atoms with E-state index in [4.69, 9.17) is 4.74 Å². The van der Waals surface area contributed by atoms with Gasteiger partial charge in [0.1, 0.15) is 5.82 Å². The predicted molar refractivity (Wildman–Crippen MR) is 86.8 cm³/mol. The molecule has 0 aromatic heterocycles. The van der Waals surface area contributed by atoms with E-state index in [-0.39, 0.29) is 5.82 Å². The zero-order valence-corrected chi connectivity index (χ0v) is 13.8. The van der Waals surface area contributed by atoms with Crippen LogP contribution in [0.5, 0.6) is 0 Å². The summed E-state index contributed by atoms with van der Waals surface area (Å²) in [4.78, 5) is 0. The minimum Gasteiger partial charge on any atom is -0.377 e. The van der Waals surface area contributed by atoms with Crippen LogP contribution in [-0.2, 0) is 17.9 Å². The van der Waals surface area contributed by atoms with Crippen molar-refractivity contribution in [1.29, 1.82) is 0 Å². The first-order chi connectivity index (χ1) is 10.1. The van der Waals surface area contributed by atoms with Crippen molar-refractivity contribution in [1.82, 2.24) is 5.32 Å². The summed E-state index contributed by atoms with van der Waals surface area (Å²) in [6, 6.07) is 5.70. The monoisotopic (exact) mass is 295 g/mol. The molecule has 1 aromatic rings. The van der Waals surface area contributed by atoms with Crippen LogP contribution in [0.2, 0.25) is 0 Å². The van der Waals surface area contributed by atoms with Gasteiger partial charge in [-0.2, -0.15) is 0 Å². The van der Waals surface area contributed by atoms with Crippen LogP contribution in [0.1, 0.15) is 64.0 Å². The summed E-state index contributed by atoms with van der Waals surface area (Å²) in [7, 11) is 0. The van der Waals surface area contributed by atoms with Crippen LogP contribution in [0.25, 0.3) is 0 Å². The molecule has 2 nitrogen and oxygen atoms in total. The molecule has 0 aliphatic heterocycles. The Balaban J connectivity index is 2.31. The first kappa shape index (κ1) is 18.1. The Bertz CT molecular complexity index is 393. The van der Waals surface area contributed by atoms with Crippen molar-refractivity contribution >= 4 is 0 Å². The molecule has 0 saturated heterocycles. The molecule has 0 bridgehead atoms. The zero-order chi connectivity index (χ0) is 15.5. The minimum atomic E-state index is -0.172. The standard InChI is InChI=1S/C18H30FNO/c1-4-5-6-7-8-11-21-14-17-12-16(9-10-18(17)19)13-20-15(2)3/h9-10,12,15,20H,4-8,11,13-14H2,1-3H3. The van der Waals surface area contributed by atoms with E-state index in [0.29, 0.717) is 18.2 Å². The maximum Gasteiger partial charge on any atom is 0.128 e. The molecule has 0 aliphatic carbocycles. The van der Waals surface area contributed by atoms with Gasteiger partial charge in [-0.25, -0.2) is 4.39 Å². The SMILES string of the molecule is CCCCCCCOCc1cc(CNC(C)C)ccc1F. The third-order valence-electron chi connectivity index (χ3n) is 3.47. The zero-order valence-electron chi connectivity index (χ0n) is 13.8. The number of benzene rings is 1. The summed E-state index contributed by atoms with van der Waals surface area (Å²) in [6.45, 7) is 8.27. The molecule has 21 heavy (non-hydrogen) atoms. The Morgan fingerprint density at radius 1 is 1.14 bits per heavy atom. The number of hydrogen-bond donors (Lipinski definition) is 1. The van der Waals surface area contributed by atoms with E-state index in [0.717, 1.165) is 25.1 Å². The van der Waals surface area contributed by atoms with Gasteiger partial charge in [-0.3, -0.25) is 0 Å². The van der Waals surface area contributed by atoms with E-state index in [2.05, 4.69) is 26.1 Å². The lowest BCUT2D eigenvalue weighted by molar-refractivity contribution is 0.114. The van der Waals surface area contributed by atoms with Crippen LogP contribution in [-0.4, -0.2) is 12.6 Å². The van der Waals surface area contributed by atoms with Crippen molar-refractivity contribution < 1.29 is 9.13 Å². The maximum absolute atomic E-state index is 13.7.